The number of furan rings is 1. The molecule has 0 spiro atoms. The zero-order valence-corrected chi connectivity index (χ0v) is 36.0. The molecule has 0 bridgehead atoms. The summed E-state index contributed by atoms with van der Waals surface area (Å²) < 4.78 is 14.4. The van der Waals surface area contributed by atoms with Gasteiger partial charge < -0.3 is 19.0 Å². The lowest BCUT2D eigenvalue weighted by Crippen LogP contribution is -2.37. The molecule has 8 aromatic carbocycles. The van der Waals surface area contributed by atoms with Gasteiger partial charge in [-0.05, 0) is 63.7 Å². The third-order valence-corrected chi connectivity index (χ3v) is 14.4. The number of ether oxygens (including phenoxy) is 1. The zero-order chi connectivity index (χ0) is 43.3. The van der Waals surface area contributed by atoms with Crippen molar-refractivity contribution in [3.05, 3.63) is 252 Å². The highest BCUT2D eigenvalue weighted by Crippen LogP contribution is 2.53. The van der Waals surface area contributed by atoms with Crippen molar-refractivity contribution in [3.63, 3.8) is 0 Å². The Morgan fingerprint density at radius 1 is 0.470 bits per heavy atom. The van der Waals surface area contributed by atoms with Crippen LogP contribution >= 0.6 is 0 Å². The number of hydrogen-bond acceptors (Lipinski definition) is 4. The smallest absolute Gasteiger partial charge is 0.174 e. The maximum Gasteiger partial charge on any atom is 0.174 e. The van der Waals surface area contributed by atoms with E-state index in [-0.39, 0.29) is 23.8 Å². The van der Waals surface area contributed by atoms with Crippen LogP contribution in [0.3, 0.4) is 0 Å². The molecule has 66 heavy (non-hydrogen) atoms. The summed E-state index contributed by atoms with van der Waals surface area (Å²) in [5.74, 6) is 1.99. The van der Waals surface area contributed by atoms with Gasteiger partial charge in [-0.2, -0.15) is 0 Å². The molecule has 0 amide bonds. The molecule has 4 atom stereocenters. The van der Waals surface area contributed by atoms with Gasteiger partial charge in [-0.25, -0.2) is 0 Å². The molecule has 4 aliphatic carbocycles. The van der Waals surface area contributed by atoms with Crippen LogP contribution in [0.5, 0.6) is 5.75 Å². The van der Waals surface area contributed by atoms with Crippen LogP contribution in [0.15, 0.2) is 241 Å². The Hall–Kier alpha value is -8.34. The standard InChI is InChI=1S/C62H42N2O2/c1-5-23-45-39(15-1)19-11-29-53(45)63(54-30-12-20-40-16-2-6-24-46(40)54)43-33-35-51-57(37-43)65-61-59(51)49-27-9-10-28-50(49)60-52-36-34-44(38-58(52)66-62(60)61)64(55-31-13-21-41-17-3-7-25-47(41)55)56-32-14-22-42-18-4-8-26-48(42)56/h1-38,45,50,53,60H. The molecule has 2 heterocycles. The molecule has 0 radical (unpaired) electrons. The van der Waals surface area contributed by atoms with E-state index in [0.717, 1.165) is 55.9 Å². The van der Waals surface area contributed by atoms with E-state index < -0.39 is 0 Å². The second-order valence-corrected chi connectivity index (χ2v) is 17.9. The second kappa shape index (κ2) is 14.6. The number of nitrogens with zero attached hydrogens (tertiary/aromatic N) is 2. The van der Waals surface area contributed by atoms with Crippen molar-refractivity contribution in [2.24, 2.45) is 11.8 Å². The Morgan fingerprint density at radius 3 is 1.82 bits per heavy atom. The molecule has 1 aromatic heterocycles. The van der Waals surface area contributed by atoms with Gasteiger partial charge >= 0.3 is 0 Å². The fourth-order valence-corrected chi connectivity index (χ4v) is 11.5. The van der Waals surface area contributed by atoms with Gasteiger partial charge in [0, 0.05) is 73.4 Å². The monoisotopic (exact) mass is 846 g/mol. The molecule has 0 saturated carbocycles. The Labute approximate surface area is 382 Å². The molecule has 9 aromatic rings. The molecular formula is C62H42N2O2. The lowest BCUT2D eigenvalue weighted by atomic mass is 9.75. The molecule has 312 valence electrons. The Kier molecular flexibility index (Phi) is 8.20. The highest BCUT2D eigenvalue weighted by atomic mass is 16.5. The summed E-state index contributed by atoms with van der Waals surface area (Å²) in [6.45, 7) is 0. The lowest BCUT2D eigenvalue weighted by Gasteiger charge is -2.39. The van der Waals surface area contributed by atoms with Crippen LogP contribution in [0.1, 0.15) is 11.5 Å². The highest BCUT2D eigenvalue weighted by molar-refractivity contribution is 6.05. The number of hydrogen-bond donors (Lipinski definition) is 0. The van der Waals surface area contributed by atoms with Crippen molar-refractivity contribution in [2.45, 2.75) is 12.0 Å². The van der Waals surface area contributed by atoms with Crippen molar-refractivity contribution >= 4 is 83.1 Å². The first-order valence-electron chi connectivity index (χ1n) is 23.0. The van der Waals surface area contributed by atoms with E-state index >= 15 is 0 Å². The summed E-state index contributed by atoms with van der Waals surface area (Å²) in [4.78, 5) is 4.91. The molecule has 0 saturated heterocycles. The molecule has 5 aliphatic rings. The van der Waals surface area contributed by atoms with Gasteiger partial charge in [0.1, 0.15) is 11.3 Å². The van der Waals surface area contributed by atoms with Crippen molar-refractivity contribution in [2.75, 3.05) is 9.80 Å². The van der Waals surface area contributed by atoms with Gasteiger partial charge in [-0.1, -0.05) is 182 Å². The van der Waals surface area contributed by atoms with Crippen LogP contribution in [0.25, 0.3) is 54.6 Å². The van der Waals surface area contributed by atoms with E-state index in [1.807, 2.05) is 0 Å². The first kappa shape index (κ1) is 37.1. The summed E-state index contributed by atoms with van der Waals surface area (Å²) in [5.41, 5.74) is 10.9. The van der Waals surface area contributed by atoms with Gasteiger partial charge in [0.15, 0.2) is 11.2 Å². The van der Waals surface area contributed by atoms with E-state index in [1.54, 1.807) is 0 Å². The van der Waals surface area contributed by atoms with Gasteiger partial charge in [0.2, 0.25) is 0 Å². The average molecular weight is 847 g/mol. The predicted molar refractivity (Wildman–Crippen MR) is 272 cm³/mol. The van der Waals surface area contributed by atoms with Crippen LogP contribution in [0, 0.1) is 11.8 Å². The lowest BCUT2D eigenvalue weighted by molar-refractivity contribution is 0.460. The Morgan fingerprint density at radius 2 is 1.09 bits per heavy atom. The fourth-order valence-electron chi connectivity index (χ4n) is 11.5. The molecule has 0 fully saturated rings. The normalized spacial score (nSPS) is 19.7. The van der Waals surface area contributed by atoms with Crippen LogP contribution in [-0.2, 0) is 0 Å². The third-order valence-electron chi connectivity index (χ3n) is 14.4. The van der Waals surface area contributed by atoms with Gasteiger partial charge in [0.25, 0.3) is 0 Å². The van der Waals surface area contributed by atoms with E-state index in [0.29, 0.717) is 0 Å². The van der Waals surface area contributed by atoms with Crippen molar-refractivity contribution in [3.8, 4) is 5.75 Å². The maximum absolute atomic E-state index is 7.19. The first-order chi connectivity index (χ1) is 32.7. The van der Waals surface area contributed by atoms with Crippen molar-refractivity contribution in [1.82, 2.24) is 0 Å². The summed E-state index contributed by atoms with van der Waals surface area (Å²) in [6, 6.07) is 59.4. The number of anilines is 5. The predicted octanol–water partition coefficient (Wildman–Crippen LogP) is 14.3. The minimum atomic E-state index is -0.0303. The summed E-state index contributed by atoms with van der Waals surface area (Å²) >= 11 is 0. The SMILES string of the molecule is C1=CC2=CC=CC(N(c3ccc4c5c(oc4c3)=C3Oc4cc(N(c6cccc7ccccc67)c6cccc7ccccc67)ccc4C3C3C=CC=CC=53)c3cccc4ccccc34)C2C=C1. The van der Waals surface area contributed by atoms with Gasteiger partial charge in [-0.3, -0.25) is 0 Å². The Balaban J connectivity index is 0.942. The van der Waals surface area contributed by atoms with Gasteiger partial charge in [-0.15, -0.1) is 0 Å². The molecule has 14 rings (SSSR count). The van der Waals surface area contributed by atoms with Crippen molar-refractivity contribution < 1.29 is 9.15 Å². The van der Waals surface area contributed by atoms with Crippen LogP contribution in [0.2, 0.25) is 0 Å². The summed E-state index contributed by atoms with van der Waals surface area (Å²) in [6.07, 6.45) is 24.7. The fraction of sp³-hybridized carbons (Fsp3) is 0.0645. The molecular weight excluding hydrogens is 805 g/mol. The Bertz CT molecular complexity index is 3760. The molecule has 1 aliphatic heterocycles. The number of fused-ring (bicyclic) bond motifs is 12. The second-order valence-electron chi connectivity index (χ2n) is 17.9. The minimum absolute atomic E-state index is 0.0303. The van der Waals surface area contributed by atoms with Crippen LogP contribution in [0.4, 0.5) is 28.4 Å². The molecule has 4 heteroatoms. The van der Waals surface area contributed by atoms with Crippen LogP contribution < -0.4 is 25.2 Å². The molecule has 4 unspecified atom stereocenters. The highest BCUT2D eigenvalue weighted by Gasteiger charge is 2.42. The van der Waals surface area contributed by atoms with E-state index in [9.17, 15) is 0 Å². The summed E-state index contributed by atoms with van der Waals surface area (Å²) in [5, 5.41) is 9.40. The first-order valence-corrected chi connectivity index (χ1v) is 23.0. The number of benzene rings is 8. The van der Waals surface area contributed by atoms with E-state index in [1.165, 1.54) is 54.7 Å². The van der Waals surface area contributed by atoms with E-state index in [4.69, 9.17) is 9.15 Å². The quantitative estimate of drug-likeness (QED) is 0.167. The third kappa shape index (κ3) is 5.58. The maximum atomic E-state index is 7.19. The zero-order valence-electron chi connectivity index (χ0n) is 36.0. The molecule has 0 N–H and O–H groups in total. The summed E-state index contributed by atoms with van der Waals surface area (Å²) in [7, 11) is 0. The molecule has 4 nitrogen and oxygen atoms in total. The number of allylic oxidation sites excluding steroid dienone is 9. The van der Waals surface area contributed by atoms with Crippen molar-refractivity contribution in [1.29, 1.82) is 0 Å². The largest absolute Gasteiger partial charge is 0.457 e. The number of rotatable bonds is 6. The minimum Gasteiger partial charge on any atom is -0.457 e. The van der Waals surface area contributed by atoms with E-state index in [2.05, 4.69) is 240 Å². The van der Waals surface area contributed by atoms with Gasteiger partial charge in [0.05, 0.1) is 23.3 Å². The topological polar surface area (TPSA) is 28.9 Å². The average Bonchev–Trinajstić information content (AvgIpc) is 3.96. The van der Waals surface area contributed by atoms with Crippen LogP contribution in [-0.4, -0.2) is 6.04 Å².